The van der Waals surface area contributed by atoms with Gasteiger partial charge in [-0.05, 0) is 49.3 Å². The number of hydrogen-bond donors (Lipinski definition) is 1. The first-order chi connectivity index (χ1) is 15.5. The topological polar surface area (TPSA) is 79.0 Å². The average Bonchev–Trinajstić information content (AvgIpc) is 2.84. The van der Waals surface area contributed by atoms with Crippen molar-refractivity contribution in [3.63, 3.8) is 0 Å². The van der Waals surface area contributed by atoms with E-state index in [0.717, 1.165) is 19.5 Å². The van der Waals surface area contributed by atoms with Gasteiger partial charge in [0.1, 0.15) is 0 Å². The van der Waals surface area contributed by atoms with E-state index in [-0.39, 0.29) is 16.8 Å². The summed E-state index contributed by atoms with van der Waals surface area (Å²) in [5, 5.41) is 3.03. The van der Waals surface area contributed by atoms with Gasteiger partial charge in [0, 0.05) is 31.2 Å². The molecule has 1 atom stereocenters. The molecule has 1 saturated heterocycles. The number of hydrogen-bond acceptors (Lipinski definition) is 5. The first-order valence-electron chi connectivity index (χ1n) is 11.2. The number of benzene rings is 2. The van der Waals surface area contributed by atoms with E-state index in [1.165, 1.54) is 22.0 Å². The summed E-state index contributed by atoms with van der Waals surface area (Å²) in [5.74, 6) is -0.203. The second-order valence-electron chi connectivity index (χ2n) is 7.82. The lowest BCUT2D eigenvalue weighted by Crippen LogP contribution is -2.45. The Morgan fingerprint density at radius 2 is 1.66 bits per heavy atom. The molecule has 0 radical (unpaired) electrons. The monoisotopic (exact) mass is 459 g/mol. The normalized spacial score (nSPS) is 16.1. The van der Waals surface area contributed by atoms with E-state index >= 15 is 0 Å². The summed E-state index contributed by atoms with van der Waals surface area (Å²) in [6.07, 6.45) is 0.847. The van der Waals surface area contributed by atoms with Gasteiger partial charge in [0.2, 0.25) is 10.0 Å². The van der Waals surface area contributed by atoms with Crippen molar-refractivity contribution in [1.29, 1.82) is 0 Å². The van der Waals surface area contributed by atoms with Crippen molar-refractivity contribution in [2.75, 3.05) is 45.9 Å². The molecule has 0 spiro atoms. The van der Waals surface area contributed by atoms with Crippen LogP contribution in [-0.2, 0) is 21.2 Å². The Morgan fingerprint density at radius 3 is 2.25 bits per heavy atom. The molecule has 1 amide bonds. The third-order valence-electron chi connectivity index (χ3n) is 5.87. The summed E-state index contributed by atoms with van der Waals surface area (Å²) in [5.41, 5.74) is 1.68. The first-order valence-corrected chi connectivity index (χ1v) is 12.6. The molecule has 3 rings (SSSR count). The second-order valence-corrected chi connectivity index (χ2v) is 9.75. The minimum atomic E-state index is -3.57. The number of carbonyl (C=O) groups is 1. The van der Waals surface area contributed by atoms with Gasteiger partial charge >= 0.3 is 0 Å². The zero-order valence-electron chi connectivity index (χ0n) is 18.9. The van der Waals surface area contributed by atoms with Crippen LogP contribution < -0.4 is 5.32 Å². The first kappa shape index (κ1) is 24.4. The summed E-state index contributed by atoms with van der Waals surface area (Å²) >= 11 is 0. The molecule has 0 aliphatic carbocycles. The zero-order valence-corrected chi connectivity index (χ0v) is 19.7. The van der Waals surface area contributed by atoms with E-state index in [1.807, 2.05) is 18.2 Å². The average molecular weight is 460 g/mol. The Balaban J connectivity index is 1.64. The van der Waals surface area contributed by atoms with Gasteiger partial charge in [-0.15, -0.1) is 0 Å². The van der Waals surface area contributed by atoms with Gasteiger partial charge in [-0.3, -0.25) is 9.69 Å². The Labute approximate surface area is 191 Å². The van der Waals surface area contributed by atoms with Crippen molar-refractivity contribution in [3.8, 4) is 0 Å². The molecule has 7 nitrogen and oxygen atoms in total. The van der Waals surface area contributed by atoms with Gasteiger partial charge in [0.05, 0.1) is 18.1 Å². The summed E-state index contributed by atoms with van der Waals surface area (Å²) in [7, 11) is -3.57. The minimum absolute atomic E-state index is 0.178. The number of rotatable bonds is 10. The SMILES string of the molecule is CCN(CC)[C@H](CNC(=O)c1ccc(S(=O)(=O)N2CCOCC2)cc1)Cc1ccccc1. The van der Waals surface area contributed by atoms with E-state index in [4.69, 9.17) is 4.74 Å². The molecule has 1 aliphatic rings. The van der Waals surface area contributed by atoms with Crippen molar-refractivity contribution >= 4 is 15.9 Å². The molecule has 8 heteroatoms. The number of ether oxygens (including phenoxy) is 1. The molecule has 1 fully saturated rings. The molecule has 0 unspecified atom stereocenters. The van der Waals surface area contributed by atoms with E-state index in [0.29, 0.717) is 38.4 Å². The molecule has 2 aromatic rings. The number of carbonyl (C=O) groups excluding carboxylic acids is 1. The van der Waals surface area contributed by atoms with Gasteiger partial charge in [-0.25, -0.2) is 8.42 Å². The second kappa shape index (κ2) is 11.6. The molecule has 0 aromatic heterocycles. The molecule has 0 saturated carbocycles. The quantitative estimate of drug-likeness (QED) is 0.590. The lowest BCUT2D eigenvalue weighted by molar-refractivity contribution is 0.0730. The summed E-state index contributed by atoms with van der Waals surface area (Å²) in [6.45, 7) is 8.05. The van der Waals surface area contributed by atoms with Crippen molar-refractivity contribution in [2.45, 2.75) is 31.2 Å². The van der Waals surface area contributed by atoms with Crippen LogP contribution in [0.25, 0.3) is 0 Å². The number of likely N-dealkylation sites (N-methyl/N-ethyl adjacent to an activating group) is 1. The van der Waals surface area contributed by atoms with E-state index in [1.54, 1.807) is 12.1 Å². The van der Waals surface area contributed by atoms with Crippen LogP contribution in [0.5, 0.6) is 0 Å². The van der Waals surface area contributed by atoms with Crippen LogP contribution in [0.1, 0.15) is 29.8 Å². The molecule has 0 bridgehead atoms. The fraction of sp³-hybridized carbons (Fsp3) is 0.458. The summed E-state index contributed by atoms with van der Waals surface area (Å²) < 4.78 is 32.2. The van der Waals surface area contributed by atoms with Crippen LogP contribution in [0.15, 0.2) is 59.5 Å². The highest BCUT2D eigenvalue weighted by atomic mass is 32.2. The van der Waals surface area contributed by atoms with E-state index < -0.39 is 10.0 Å². The Bertz CT molecular complexity index is 954. The highest BCUT2D eigenvalue weighted by Gasteiger charge is 2.26. The predicted molar refractivity (Wildman–Crippen MR) is 125 cm³/mol. The van der Waals surface area contributed by atoms with Crippen molar-refractivity contribution in [3.05, 3.63) is 65.7 Å². The molecule has 1 heterocycles. The number of nitrogens with zero attached hydrogens (tertiary/aromatic N) is 2. The highest BCUT2D eigenvalue weighted by Crippen LogP contribution is 2.18. The standard InChI is InChI=1S/C24H33N3O4S/c1-3-26(4-2)22(18-20-8-6-5-7-9-20)19-25-24(28)21-10-12-23(13-11-21)32(29,30)27-14-16-31-17-15-27/h5-13,22H,3-4,14-19H2,1-2H3,(H,25,28)/t22-/m0/s1. The van der Waals surface area contributed by atoms with Gasteiger partial charge in [0.25, 0.3) is 5.91 Å². The number of morpholine rings is 1. The summed E-state index contributed by atoms with van der Waals surface area (Å²) in [6, 6.07) is 16.6. The van der Waals surface area contributed by atoms with Crippen LogP contribution >= 0.6 is 0 Å². The maximum atomic E-state index is 12.8. The van der Waals surface area contributed by atoms with Crippen LogP contribution in [0.4, 0.5) is 0 Å². The molecule has 2 aromatic carbocycles. The van der Waals surface area contributed by atoms with Crippen LogP contribution in [0.2, 0.25) is 0 Å². The molecular formula is C24H33N3O4S. The lowest BCUT2D eigenvalue weighted by Gasteiger charge is -2.30. The van der Waals surface area contributed by atoms with Crippen molar-refractivity contribution < 1.29 is 17.9 Å². The van der Waals surface area contributed by atoms with Crippen molar-refractivity contribution in [2.24, 2.45) is 0 Å². The van der Waals surface area contributed by atoms with E-state index in [9.17, 15) is 13.2 Å². The number of nitrogens with one attached hydrogen (secondary N) is 1. The maximum absolute atomic E-state index is 12.8. The fourth-order valence-corrected chi connectivity index (χ4v) is 5.39. The lowest BCUT2D eigenvalue weighted by atomic mass is 10.0. The number of sulfonamides is 1. The molecule has 174 valence electrons. The maximum Gasteiger partial charge on any atom is 0.251 e. The zero-order chi connectivity index (χ0) is 23.0. The number of amides is 1. The van der Waals surface area contributed by atoms with Gasteiger partial charge in [0.15, 0.2) is 0 Å². The third-order valence-corrected chi connectivity index (χ3v) is 7.78. The molecule has 1 N–H and O–H groups in total. The smallest absolute Gasteiger partial charge is 0.251 e. The predicted octanol–water partition coefficient (Wildman–Crippen LogP) is 2.39. The largest absolute Gasteiger partial charge is 0.379 e. The molecule has 32 heavy (non-hydrogen) atoms. The highest BCUT2D eigenvalue weighted by molar-refractivity contribution is 7.89. The Morgan fingerprint density at radius 1 is 1.03 bits per heavy atom. The van der Waals surface area contributed by atoms with E-state index in [2.05, 4.69) is 36.2 Å². The van der Waals surface area contributed by atoms with Gasteiger partial charge in [-0.2, -0.15) is 4.31 Å². The van der Waals surface area contributed by atoms with Crippen LogP contribution in [-0.4, -0.2) is 75.5 Å². The third kappa shape index (κ3) is 6.16. The molecular weight excluding hydrogens is 426 g/mol. The minimum Gasteiger partial charge on any atom is -0.379 e. The summed E-state index contributed by atoms with van der Waals surface area (Å²) in [4.78, 5) is 15.3. The van der Waals surface area contributed by atoms with Crippen LogP contribution in [0.3, 0.4) is 0 Å². The molecule has 1 aliphatic heterocycles. The van der Waals surface area contributed by atoms with Gasteiger partial charge in [-0.1, -0.05) is 44.2 Å². The fourth-order valence-electron chi connectivity index (χ4n) is 3.98. The van der Waals surface area contributed by atoms with Crippen molar-refractivity contribution in [1.82, 2.24) is 14.5 Å². The Hall–Kier alpha value is -2.26. The van der Waals surface area contributed by atoms with Crippen LogP contribution in [0, 0.1) is 0 Å². The Kier molecular flexibility index (Phi) is 8.81. The van der Waals surface area contributed by atoms with Gasteiger partial charge < -0.3 is 10.1 Å².